The summed E-state index contributed by atoms with van der Waals surface area (Å²) in [5.74, 6) is 0.118. The first kappa shape index (κ1) is 18.2. The number of hydrogen-bond acceptors (Lipinski definition) is 2. The van der Waals surface area contributed by atoms with Crippen LogP contribution in [0.2, 0.25) is 0 Å². The van der Waals surface area contributed by atoms with Gasteiger partial charge in [-0.15, -0.1) is 0 Å². The zero-order chi connectivity index (χ0) is 18.4. The number of carbonyl (C=O) groups excluding carboxylic acids is 1. The molecule has 0 aliphatic rings. The van der Waals surface area contributed by atoms with Gasteiger partial charge in [0.2, 0.25) is 5.91 Å². The number of para-hydroxylation sites is 1. The summed E-state index contributed by atoms with van der Waals surface area (Å²) < 4.78 is 0. The first-order valence-electron chi connectivity index (χ1n) is 9.18. The molecule has 4 heteroatoms. The van der Waals surface area contributed by atoms with Crippen molar-refractivity contribution in [1.29, 1.82) is 0 Å². The van der Waals surface area contributed by atoms with Crippen LogP contribution in [0.1, 0.15) is 30.0 Å². The molecule has 136 valence electrons. The van der Waals surface area contributed by atoms with Gasteiger partial charge in [-0.25, -0.2) is 0 Å². The molecule has 0 fully saturated rings. The van der Waals surface area contributed by atoms with Crippen molar-refractivity contribution in [3.8, 4) is 0 Å². The van der Waals surface area contributed by atoms with Crippen molar-refractivity contribution >= 4 is 16.8 Å². The number of carbonyl (C=O) groups is 1. The molecule has 1 heterocycles. The molecular formula is C22H27N3O. The molecule has 0 aliphatic heterocycles. The lowest BCUT2D eigenvalue weighted by atomic mass is 10.1. The average molecular weight is 349 g/mol. The molecule has 0 radical (unpaired) electrons. The van der Waals surface area contributed by atoms with Gasteiger partial charge in [0.05, 0.1) is 6.04 Å². The van der Waals surface area contributed by atoms with Crippen LogP contribution in [0.4, 0.5) is 0 Å². The fourth-order valence-corrected chi connectivity index (χ4v) is 3.35. The van der Waals surface area contributed by atoms with Gasteiger partial charge in [-0.1, -0.05) is 48.5 Å². The average Bonchev–Trinajstić information content (AvgIpc) is 3.06. The molecule has 0 aliphatic carbocycles. The van der Waals surface area contributed by atoms with Crippen molar-refractivity contribution in [1.82, 2.24) is 15.2 Å². The minimum atomic E-state index is 0.118. The van der Waals surface area contributed by atoms with E-state index < -0.39 is 0 Å². The molecular weight excluding hydrogens is 322 g/mol. The van der Waals surface area contributed by atoms with Crippen LogP contribution >= 0.6 is 0 Å². The number of benzene rings is 2. The van der Waals surface area contributed by atoms with Gasteiger partial charge in [0, 0.05) is 30.1 Å². The van der Waals surface area contributed by atoms with Crippen molar-refractivity contribution in [2.24, 2.45) is 0 Å². The number of aryl methyl sites for hydroxylation is 1. The minimum Gasteiger partial charge on any atom is -0.361 e. The highest BCUT2D eigenvalue weighted by Gasteiger charge is 2.14. The van der Waals surface area contributed by atoms with Crippen LogP contribution in [0.5, 0.6) is 0 Å². The van der Waals surface area contributed by atoms with E-state index in [2.05, 4.69) is 51.7 Å². The number of nitrogens with one attached hydrogen (secondary N) is 2. The minimum absolute atomic E-state index is 0.118. The zero-order valence-electron chi connectivity index (χ0n) is 15.5. The maximum Gasteiger partial charge on any atom is 0.220 e. The molecule has 2 N–H and O–H groups in total. The second-order valence-electron chi connectivity index (χ2n) is 6.91. The number of fused-ring (bicyclic) bond motifs is 1. The highest BCUT2D eigenvalue weighted by Crippen LogP contribution is 2.20. The number of aromatic nitrogens is 1. The fourth-order valence-electron chi connectivity index (χ4n) is 3.35. The molecule has 1 unspecified atom stereocenters. The Morgan fingerprint density at radius 2 is 1.81 bits per heavy atom. The predicted molar refractivity (Wildman–Crippen MR) is 107 cm³/mol. The summed E-state index contributed by atoms with van der Waals surface area (Å²) >= 11 is 0. The highest BCUT2D eigenvalue weighted by atomic mass is 16.1. The van der Waals surface area contributed by atoms with E-state index in [0.29, 0.717) is 13.0 Å². The van der Waals surface area contributed by atoms with E-state index in [1.807, 2.05) is 38.4 Å². The molecule has 0 spiro atoms. The number of H-pyrrole nitrogens is 1. The smallest absolute Gasteiger partial charge is 0.220 e. The Morgan fingerprint density at radius 1 is 1.08 bits per heavy atom. The van der Waals surface area contributed by atoms with Crippen LogP contribution in [-0.4, -0.2) is 36.4 Å². The Labute approximate surface area is 155 Å². The number of rotatable bonds is 8. The van der Waals surface area contributed by atoms with Crippen molar-refractivity contribution < 1.29 is 4.79 Å². The Balaban J connectivity index is 1.48. The topological polar surface area (TPSA) is 48.1 Å². The van der Waals surface area contributed by atoms with Gasteiger partial charge >= 0.3 is 0 Å². The van der Waals surface area contributed by atoms with Crippen LogP contribution in [0.3, 0.4) is 0 Å². The summed E-state index contributed by atoms with van der Waals surface area (Å²) in [6.07, 6.45) is 4.37. The third-order valence-corrected chi connectivity index (χ3v) is 4.83. The van der Waals surface area contributed by atoms with E-state index in [-0.39, 0.29) is 11.9 Å². The van der Waals surface area contributed by atoms with E-state index in [1.165, 1.54) is 16.5 Å². The summed E-state index contributed by atoms with van der Waals surface area (Å²) in [5, 5.41) is 4.35. The first-order valence-corrected chi connectivity index (χ1v) is 9.18. The highest BCUT2D eigenvalue weighted by molar-refractivity contribution is 5.83. The maximum absolute atomic E-state index is 12.3. The lowest BCUT2D eigenvalue weighted by molar-refractivity contribution is -0.121. The van der Waals surface area contributed by atoms with E-state index >= 15 is 0 Å². The summed E-state index contributed by atoms with van der Waals surface area (Å²) in [4.78, 5) is 17.7. The molecule has 26 heavy (non-hydrogen) atoms. The van der Waals surface area contributed by atoms with Gasteiger partial charge in [-0.05, 0) is 44.1 Å². The lowest BCUT2D eigenvalue weighted by Crippen LogP contribution is -2.34. The van der Waals surface area contributed by atoms with Gasteiger partial charge in [0.1, 0.15) is 0 Å². The van der Waals surface area contributed by atoms with E-state index in [1.54, 1.807) is 0 Å². The van der Waals surface area contributed by atoms with Crippen molar-refractivity contribution in [2.75, 3.05) is 20.6 Å². The Kier molecular flexibility index (Phi) is 6.08. The number of amides is 1. The number of nitrogens with zero attached hydrogens (tertiary/aromatic N) is 1. The Hall–Kier alpha value is -2.59. The summed E-state index contributed by atoms with van der Waals surface area (Å²) in [6, 6.07) is 18.8. The molecule has 4 nitrogen and oxygen atoms in total. The molecule has 0 saturated carbocycles. The summed E-state index contributed by atoms with van der Waals surface area (Å²) in [7, 11) is 4.08. The van der Waals surface area contributed by atoms with E-state index in [4.69, 9.17) is 0 Å². The number of likely N-dealkylation sites (N-methyl/N-ethyl adjacent to an activating group) is 1. The molecule has 2 aromatic carbocycles. The summed E-state index contributed by atoms with van der Waals surface area (Å²) in [5.41, 5.74) is 3.66. The molecule has 1 aromatic heterocycles. The maximum atomic E-state index is 12.3. The second kappa shape index (κ2) is 8.68. The van der Waals surface area contributed by atoms with Crippen LogP contribution < -0.4 is 5.32 Å². The van der Waals surface area contributed by atoms with Gasteiger partial charge in [-0.2, -0.15) is 0 Å². The third-order valence-electron chi connectivity index (χ3n) is 4.83. The Bertz CT molecular complexity index is 839. The second-order valence-corrected chi connectivity index (χ2v) is 6.91. The fraction of sp³-hybridized carbons (Fsp3) is 0.318. The third kappa shape index (κ3) is 4.52. The molecule has 1 amide bonds. The van der Waals surface area contributed by atoms with Gasteiger partial charge in [0.25, 0.3) is 0 Å². The van der Waals surface area contributed by atoms with Crippen molar-refractivity contribution in [2.45, 2.75) is 25.3 Å². The molecule has 3 rings (SSSR count). The molecule has 1 atom stereocenters. The molecule has 0 saturated heterocycles. The van der Waals surface area contributed by atoms with E-state index in [9.17, 15) is 4.79 Å². The number of hydrogen-bond donors (Lipinski definition) is 2. The lowest BCUT2D eigenvalue weighted by Gasteiger charge is -2.25. The monoisotopic (exact) mass is 349 g/mol. The molecule has 3 aromatic rings. The first-order chi connectivity index (χ1) is 12.6. The van der Waals surface area contributed by atoms with E-state index in [0.717, 1.165) is 18.4 Å². The van der Waals surface area contributed by atoms with Crippen LogP contribution in [0.15, 0.2) is 60.8 Å². The van der Waals surface area contributed by atoms with Gasteiger partial charge in [-0.3, -0.25) is 4.79 Å². The largest absolute Gasteiger partial charge is 0.361 e. The van der Waals surface area contributed by atoms with Gasteiger partial charge in [0.15, 0.2) is 0 Å². The summed E-state index contributed by atoms with van der Waals surface area (Å²) in [6.45, 7) is 0.628. The van der Waals surface area contributed by atoms with Crippen molar-refractivity contribution in [3.05, 3.63) is 71.9 Å². The normalized spacial score (nSPS) is 12.4. The Morgan fingerprint density at radius 3 is 2.58 bits per heavy atom. The quantitative estimate of drug-likeness (QED) is 0.648. The van der Waals surface area contributed by atoms with Gasteiger partial charge < -0.3 is 15.2 Å². The standard InChI is InChI=1S/C22H27N3O/c1-25(2)21(17-9-4-3-5-10-17)16-24-22(26)14-8-11-18-15-23-20-13-7-6-12-19(18)20/h3-7,9-10,12-13,15,21,23H,8,11,14,16H2,1-2H3,(H,24,26). The predicted octanol–water partition coefficient (Wildman–Crippen LogP) is 3.91. The SMILES string of the molecule is CN(C)C(CNC(=O)CCCc1c[nH]c2ccccc12)c1ccccc1. The number of aromatic amines is 1. The van der Waals surface area contributed by atoms with Crippen LogP contribution in [0, 0.1) is 0 Å². The van der Waals surface area contributed by atoms with Crippen LogP contribution in [-0.2, 0) is 11.2 Å². The van der Waals surface area contributed by atoms with Crippen molar-refractivity contribution in [3.63, 3.8) is 0 Å². The zero-order valence-corrected chi connectivity index (χ0v) is 15.5. The molecule has 0 bridgehead atoms. The van der Waals surface area contributed by atoms with Crippen LogP contribution in [0.25, 0.3) is 10.9 Å².